The first-order valence-electron chi connectivity index (χ1n) is 17.8. The smallest absolute Gasteiger partial charge is 0.407 e. The summed E-state index contributed by atoms with van der Waals surface area (Å²) in [5.41, 5.74) is 1.17. The van der Waals surface area contributed by atoms with Crippen molar-refractivity contribution in [3.05, 3.63) is 17.5 Å². The van der Waals surface area contributed by atoms with Crippen LogP contribution in [0.2, 0.25) is 0 Å². The van der Waals surface area contributed by atoms with Crippen molar-refractivity contribution >= 4 is 23.8 Å². The van der Waals surface area contributed by atoms with E-state index < -0.39 is 78.2 Å². The molecule has 0 saturated heterocycles. The van der Waals surface area contributed by atoms with Gasteiger partial charge in [0.2, 0.25) is 17.7 Å². The molecule has 6 atom stereocenters. The average Bonchev–Trinajstić information content (AvgIpc) is 3.31. The number of rotatable bonds is 20. The fourth-order valence-electron chi connectivity index (χ4n) is 5.37. The van der Waals surface area contributed by atoms with Gasteiger partial charge < -0.3 is 36.4 Å². The van der Waals surface area contributed by atoms with Crippen LogP contribution in [-0.4, -0.2) is 94.3 Å². The number of aryl methyl sites for hydroxylation is 2. The van der Waals surface area contributed by atoms with Crippen LogP contribution < -0.4 is 26.6 Å². The van der Waals surface area contributed by atoms with Crippen molar-refractivity contribution in [2.24, 2.45) is 23.7 Å². The van der Waals surface area contributed by atoms with Gasteiger partial charge in [-0.25, -0.2) is 4.79 Å². The molecule has 1 aromatic heterocycles. The average molecular weight is 734 g/mol. The Balaban J connectivity index is 3.09. The first kappa shape index (κ1) is 45.6. The summed E-state index contributed by atoms with van der Waals surface area (Å²) in [6, 6.07) is -0.921. The molecule has 0 radical (unpaired) electrons. The van der Waals surface area contributed by atoms with Gasteiger partial charge in [0.25, 0.3) is 0 Å². The van der Waals surface area contributed by atoms with E-state index in [1.807, 2.05) is 45.4 Å². The Hall–Kier alpha value is -3.40. The molecule has 0 spiro atoms. The van der Waals surface area contributed by atoms with Crippen molar-refractivity contribution < 1.29 is 42.2 Å². The fraction of sp³-hybridized carbons (Fsp3) is 0.800. The second-order valence-corrected chi connectivity index (χ2v) is 15.2. The summed E-state index contributed by atoms with van der Waals surface area (Å²) in [6.07, 6.45) is -5.45. The number of aromatic nitrogens is 2. The van der Waals surface area contributed by atoms with Crippen LogP contribution in [0.1, 0.15) is 93.0 Å². The minimum absolute atomic E-state index is 0.0354. The molecule has 0 aromatic carbocycles. The standard InChI is InChI=1S/C35H62F3N7O6/c1-12-25(18-45-24(8)15-23(7)44-45)16-39-27(17-40-33(50)51-34(9,10)11)31(48)42-26(13-20(2)3)28(46)14-22(6)30(47)43-29(21(4)5)32(49)41-19-35(36,37)38/h15,20-22,25-29,39,46H,12-14,16-19H2,1-11H3,(H,40,50)(H,41,49)(H,42,48)(H,43,47). The third-order valence-corrected chi connectivity index (χ3v) is 8.20. The van der Waals surface area contributed by atoms with Gasteiger partial charge in [0.15, 0.2) is 0 Å². The summed E-state index contributed by atoms with van der Waals surface area (Å²) in [5, 5.41) is 29.0. The molecule has 0 bridgehead atoms. The van der Waals surface area contributed by atoms with Crippen LogP contribution in [0.25, 0.3) is 0 Å². The van der Waals surface area contributed by atoms with Crippen molar-refractivity contribution in [2.75, 3.05) is 19.6 Å². The van der Waals surface area contributed by atoms with Crippen LogP contribution >= 0.6 is 0 Å². The molecule has 6 unspecified atom stereocenters. The molecule has 0 fully saturated rings. The van der Waals surface area contributed by atoms with E-state index in [1.165, 1.54) is 6.92 Å². The number of alkyl halides is 3. The Morgan fingerprint density at radius 1 is 0.922 bits per heavy atom. The van der Waals surface area contributed by atoms with Gasteiger partial charge in [-0.3, -0.25) is 19.1 Å². The molecule has 0 aliphatic heterocycles. The van der Waals surface area contributed by atoms with E-state index >= 15 is 0 Å². The lowest BCUT2D eigenvalue weighted by Crippen LogP contribution is -2.56. The summed E-state index contributed by atoms with van der Waals surface area (Å²) in [7, 11) is 0. The van der Waals surface area contributed by atoms with Crippen molar-refractivity contribution in [3.8, 4) is 0 Å². The van der Waals surface area contributed by atoms with Crippen molar-refractivity contribution in [1.82, 2.24) is 36.4 Å². The monoisotopic (exact) mass is 733 g/mol. The fourth-order valence-corrected chi connectivity index (χ4v) is 5.37. The topological polar surface area (TPSA) is 176 Å². The molecule has 0 aliphatic rings. The summed E-state index contributed by atoms with van der Waals surface area (Å²) < 4.78 is 45.2. The normalized spacial score (nSPS) is 15.8. The maximum atomic E-state index is 13.8. The van der Waals surface area contributed by atoms with E-state index in [0.29, 0.717) is 19.5 Å². The molecular weight excluding hydrogens is 671 g/mol. The lowest BCUT2D eigenvalue weighted by Gasteiger charge is -2.30. The van der Waals surface area contributed by atoms with E-state index in [0.717, 1.165) is 17.8 Å². The number of hydrogen-bond acceptors (Lipinski definition) is 8. The van der Waals surface area contributed by atoms with Crippen molar-refractivity contribution in [3.63, 3.8) is 0 Å². The van der Waals surface area contributed by atoms with E-state index in [1.54, 1.807) is 39.9 Å². The third kappa shape index (κ3) is 18.1. The van der Waals surface area contributed by atoms with E-state index in [2.05, 4.69) is 26.4 Å². The Bertz CT molecular complexity index is 1270. The van der Waals surface area contributed by atoms with Gasteiger partial charge in [-0.1, -0.05) is 48.0 Å². The molecule has 16 heteroatoms. The van der Waals surface area contributed by atoms with Gasteiger partial charge in [-0.2, -0.15) is 18.3 Å². The van der Waals surface area contributed by atoms with E-state index in [4.69, 9.17) is 4.74 Å². The molecule has 0 saturated carbocycles. The van der Waals surface area contributed by atoms with Crippen molar-refractivity contribution in [1.29, 1.82) is 0 Å². The number of nitrogens with one attached hydrogen (secondary N) is 5. The quantitative estimate of drug-likeness (QED) is 0.118. The highest BCUT2D eigenvalue weighted by atomic mass is 19.4. The number of ether oxygens (including phenoxy) is 1. The van der Waals surface area contributed by atoms with Crippen LogP contribution in [0.15, 0.2) is 6.07 Å². The minimum Gasteiger partial charge on any atom is -0.444 e. The van der Waals surface area contributed by atoms with Crippen LogP contribution in [0, 0.1) is 37.5 Å². The highest BCUT2D eigenvalue weighted by Gasteiger charge is 2.34. The number of carbonyl (C=O) groups excluding carboxylic acids is 4. The van der Waals surface area contributed by atoms with Crippen LogP contribution in [-0.2, 0) is 25.7 Å². The molecule has 0 aliphatic carbocycles. The summed E-state index contributed by atoms with van der Waals surface area (Å²) >= 11 is 0. The molecule has 294 valence electrons. The maximum absolute atomic E-state index is 13.8. The zero-order valence-corrected chi connectivity index (χ0v) is 32.2. The second kappa shape index (κ2) is 20.6. The highest BCUT2D eigenvalue weighted by molar-refractivity contribution is 5.88. The number of nitrogens with zero attached hydrogens (tertiary/aromatic N) is 2. The summed E-state index contributed by atoms with van der Waals surface area (Å²) in [4.78, 5) is 51.8. The van der Waals surface area contributed by atoms with E-state index in [-0.39, 0.29) is 24.8 Å². The first-order chi connectivity index (χ1) is 23.4. The molecule has 6 N–H and O–H groups in total. The number of halogens is 3. The number of aliphatic hydroxyl groups is 1. The Morgan fingerprint density at radius 2 is 1.55 bits per heavy atom. The molecule has 4 amide bonds. The molecule has 1 rings (SSSR count). The number of hydrogen-bond donors (Lipinski definition) is 6. The molecular formula is C35H62F3N7O6. The lowest BCUT2D eigenvalue weighted by molar-refractivity contribution is -0.141. The number of carbonyl (C=O) groups is 4. The first-order valence-corrected chi connectivity index (χ1v) is 17.8. The number of amides is 4. The molecule has 51 heavy (non-hydrogen) atoms. The number of aliphatic hydroxyl groups excluding tert-OH is 1. The van der Waals surface area contributed by atoms with Gasteiger partial charge in [-0.05, 0) is 71.3 Å². The van der Waals surface area contributed by atoms with Crippen LogP contribution in [0.3, 0.4) is 0 Å². The molecule has 1 heterocycles. The summed E-state index contributed by atoms with van der Waals surface area (Å²) in [5.74, 6) is -3.30. The van der Waals surface area contributed by atoms with Gasteiger partial charge in [-0.15, -0.1) is 0 Å². The zero-order valence-electron chi connectivity index (χ0n) is 32.2. The molecule has 13 nitrogen and oxygen atoms in total. The number of alkyl carbamates (subject to hydrolysis) is 1. The Labute approximate surface area is 301 Å². The minimum atomic E-state index is -4.61. The third-order valence-electron chi connectivity index (χ3n) is 8.20. The maximum Gasteiger partial charge on any atom is 0.407 e. The van der Waals surface area contributed by atoms with Gasteiger partial charge >= 0.3 is 12.3 Å². The lowest BCUT2D eigenvalue weighted by atomic mass is 9.91. The van der Waals surface area contributed by atoms with Gasteiger partial charge in [0, 0.05) is 31.2 Å². The predicted octanol–water partition coefficient (Wildman–Crippen LogP) is 3.75. The second-order valence-electron chi connectivity index (χ2n) is 15.2. The SMILES string of the molecule is CCC(CNC(CNC(=O)OC(C)(C)C)C(=O)NC(CC(C)C)C(O)CC(C)C(=O)NC(C(=O)NCC(F)(F)F)C(C)C)Cn1nc(C)cc1C. The van der Waals surface area contributed by atoms with Crippen LogP contribution in [0.5, 0.6) is 0 Å². The predicted molar refractivity (Wildman–Crippen MR) is 189 cm³/mol. The van der Waals surface area contributed by atoms with Crippen LogP contribution in [0.4, 0.5) is 18.0 Å². The zero-order chi connectivity index (χ0) is 39.3. The summed E-state index contributed by atoms with van der Waals surface area (Å²) in [6.45, 7) is 19.1. The highest BCUT2D eigenvalue weighted by Crippen LogP contribution is 2.18. The van der Waals surface area contributed by atoms with Crippen molar-refractivity contribution in [2.45, 2.75) is 138 Å². The Kier molecular flexibility index (Phi) is 18.4. The largest absolute Gasteiger partial charge is 0.444 e. The van der Waals surface area contributed by atoms with E-state index in [9.17, 15) is 37.5 Å². The molecule has 1 aromatic rings. The van der Waals surface area contributed by atoms with Gasteiger partial charge in [0.05, 0.1) is 17.8 Å². The van der Waals surface area contributed by atoms with Gasteiger partial charge in [0.1, 0.15) is 24.2 Å². The Morgan fingerprint density at radius 3 is 2.04 bits per heavy atom.